The van der Waals surface area contributed by atoms with Crippen molar-refractivity contribution < 1.29 is 9.47 Å². The van der Waals surface area contributed by atoms with Crippen molar-refractivity contribution in [1.29, 1.82) is 0 Å². The van der Waals surface area contributed by atoms with E-state index in [1.165, 1.54) is 0 Å². The molecule has 3 heterocycles. The summed E-state index contributed by atoms with van der Waals surface area (Å²) < 4.78 is 11.4. The van der Waals surface area contributed by atoms with Gasteiger partial charge in [0.1, 0.15) is 25.4 Å². The fourth-order valence-corrected chi connectivity index (χ4v) is 3.50. The highest BCUT2D eigenvalue weighted by Gasteiger charge is 2.20. The van der Waals surface area contributed by atoms with Crippen LogP contribution >= 0.6 is 0 Å². The van der Waals surface area contributed by atoms with Crippen LogP contribution in [-0.2, 0) is 0 Å². The summed E-state index contributed by atoms with van der Waals surface area (Å²) in [7, 11) is 0. The Hall–Kier alpha value is -3.74. The van der Waals surface area contributed by atoms with E-state index < -0.39 is 0 Å². The first-order valence-electron chi connectivity index (χ1n) is 10.2. The summed E-state index contributed by atoms with van der Waals surface area (Å²) in [4.78, 5) is 17.2. The molecule has 2 aromatic heterocycles. The monoisotopic (exact) mass is 415 g/mol. The van der Waals surface area contributed by atoms with Crippen molar-refractivity contribution in [2.45, 2.75) is 19.8 Å². The van der Waals surface area contributed by atoms with E-state index >= 15 is 0 Å². The van der Waals surface area contributed by atoms with E-state index in [4.69, 9.17) is 9.47 Å². The molecule has 0 fully saturated rings. The van der Waals surface area contributed by atoms with Crippen LogP contribution in [0.25, 0.3) is 17.3 Å². The maximum atomic E-state index is 5.79. The molecule has 1 aliphatic rings. The number of anilines is 1. The first kappa shape index (κ1) is 20.5. The summed E-state index contributed by atoms with van der Waals surface area (Å²) in [5.74, 6) is 2.22. The molecule has 0 amide bonds. The second-order valence-corrected chi connectivity index (χ2v) is 7.23. The fourth-order valence-electron chi connectivity index (χ4n) is 3.50. The third-order valence-corrected chi connectivity index (χ3v) is 5.10. The van der Waals surface area contributed by atoms with Crippen molar-refractivity contribution in [3.05, 3.63) is 60.1 Å². The van der Waals surface area contributed by atoms with Crippen molar-refractivity contribution in [3.63, 3.8) is 0 Å². The summed E-state index contributed by atoms with van der Waals surface area (Å²) in [5, 5.41) is 3.41. The zero-order valence-corrected chi connectivity index (χ0v) is 17.7. The van der Waals surface area contributed by atoms with Gasteiger partial charge >= 0.3 is 0 Å². The second kappa shape index (κ2) is 9.38. The van der Waals surface area contributed by atoms with E-state index in [9.17, 15) is 0 Å². The lowest BCUT2D eigenvalue weighted by atomic mass is 10.0. The van der Waals surface area contributed by atoms with E-state index in [0.29, 0.717) is 25.6 Å². The normalized spacial score (nSPS) is 13.7. The number of aromatic nitrogens is 3. The fraction of sp³-hybridized carbons (Fsp3) is 0.250. The molecule has 158 valence electrons. The highest BCUT2D eigenvalue weighted by atomic mass is 16.6. The summed E-state index contributed by atoms with van der Waals surface area (Å²) in [6.45, 7) is 9.53. The van der Waals surface area contributed by atoms with Gasteiger partial charge in [-0.2, -0.15) is 0 Å². The van der Waals surface area contributed by atoms with Gasteiger partial charge in [-0.1, -0.05) is 31.2 Å². The quantitative estimate of drug-likeness (QED) is 0.553. The van der Waals surface area contributed by atoms with Gasteiger partial charge in [0, 0.05) is 35.9 Å². The Morgan fingerprint density at radius 1 is 1.16 bits per heavy atom. The summed E-state index contributed by atoms with van der Waals surface area (Å²) >= 11 is 0. The van der Waals surface area contributed by atoms with Crippen molar-refractivity contribution >= 4 is 24.3 Å². The van der Waals surface area contributed by atoms with Gasteiger partial charge in [-0.15, -0.1) is 0 Å². The third-order valence-electron chi connectivity index (χ3n) is 5.10. The molecule has 1 atom stereocenters. The van der Waals surface area contributed by atoms with Gasteiger partial charge in [-0.25, -0.2) is 15.0 Å². The van der Waals surface area contributed by atoms with Crippen LogP contribution in [0.2, 0.25) is 0 Å². The Morgan fingerprint density at radius 3 is 2.87 bits per heavy atom. The minimum atomic E-state index is 0.175. The maximum Gasteiger partial charge on any atom is 0.257 e. The predicted molar refractivity (Wildman–Crippen MR) is 124 cm³/mol. The number of fused-ring (bicyclic) bond motifs is 1. The number of hydrogen-bond donors (Lipinski definition) is 1. The molecule has 0 saturated carbocycles. The van der Waals surface area contributed by atoms with Crippen LogP contribution in [-0.4, -0.2) is 41.4 Å². The number of allylic oxidation sites excluding steroid dienone is 1. The first-order chi connectivity index (χ1) is 15.2. The smallest absolute Gasteiger partial charge is 0.257 e. The standard InChI is InChI=1S/C24H25N5O2/c1-4-5-17-6-7-18(12-20(17)25-3)21-13-22(29-15-28-21)27-14-16(2)19-8-9-26-24-23(19)30-10-11-31-24/h4-9,12-13,15-16H,3,10-11,14H2,1-2H3,(H,27,28,29)/b5-4-/t16-/m1/s1. The number of rotatable bonds is 7. The molecule has 0 saturated heterocycles. The molecule has 0 aliphatic carbocycles. The molecular formula is C24H25N5O2. The molecule has 1 aromatic carbocycles. The van der Waals surface area contributed by atoms with E-state index in [1.54, 1.807) is 12.5 Å². The van der Waals surface area contributed by atoms with Crippen LogP contribution in [0.15, 0.2) is 53.9 Å². The number of nitrogens with zero attached hydrogens (tertiary/aromatic N) is 4. The molecule has 1 aliphatic heterocycles. The van der Waals surface area contributed by atoms with Gasteiger partial charge in [-0.05, 0) is 31.3 Å². The Morgan fingerprint density at radius 2 is 2.03 bits per heavy atom. The molecule has 4 rings (SSSR count). The molecule has 0 unspecified atom stereocenters. The number of benzene rings is 1. The van der Waals surface area contributed by atoms with Crippen LogP contribution in [0.1, 0.15) is 30.9 Å². The number of ether oxygens (including phenoxy) is 2. The highest BCUT2D eigenvalue weighted by Crippen LogP contribution is 2.36. The lowest BCUT2D eigenvalue weighted by molar-refractivity contribution is 0.162. The Bertz CT molecular complexity index is 1110. The number of aliphatic imine (C=N–C) groups is 1. The van der Waals surface area contributed by atoms with E-state index in [2.05, 4.69) is 38.9 Å². The number of hydrogen-bond acceptors (Lipinski definition) is 7. The van der Waals surface area contributed by atoms with Crippen LogP contribution in [0, 0.1) is 0 Å². The topological polar surface area (TPSA) is 81.5 Å². The minimum absolute atomic E-state index is 0.175. The predicted octanol–water partition coefficient (Wildman–Crippen LogP) is 4.89. The lowest BCUT2D eigenvalue weighted by Crippen LogP contribution is -2.19. The van der Waals surface area contributed by atoms with Crippen molar-refractivity contribution in [2.75, 3.05) is 25.1 Å². The van der Waals surface area contributed by atoms with Crippen molar-refractivity contribution in [2.24, 2.45) is 4.99 Å². The van der Waals surface area contributed by atoms with E-state index in [-0.39, 0.29) is 5.92 Å². The Balaban J connectivity index is 1.50. The molecule has 0 spiro atoms. The highest BCUT2D eigenvalue weighted by molar-refractivity contribution is 5.74. The summed E-state index contributed by atoms with van der Waals surface area (Å²) in [6.07, 6.45) is 7.31. The average molecular weight is 415 g/mol. The van der Waals surface area contributed by atoms with Crippen molar-refractivity contribution in [3.8, 4) is 22.9 Å². The molecular weight excluding hydrogens is 390 g/mol. The Labute approximate surface area is 181 Å². The zero-order chi connectivity index (χ0) is 21.6. The van der Waals surface area contributed by atoms with Crippen LogP contribution < -0.4 is 14.8 Å². The molecule has 3 aromatic rings. The van der Waals surface area contributed by atoms with Crippen LogP contribution in [0.5, 0.6) is 11.6 Å². The average Bonchev–Trinajstić information content (AvgIpc) is 2.82. The molecule has 0 radical (unpaired) electrons. The third kappa shape index (κ3) is 4.55. The van der Waals surface area contributed by atoms with Gasteiger partial charge in [0.25, 0.3) is 5.88 Å². The molecule has 0 bridgehead atoms. The zero-order valence-electron chi connectivity index (χ0n) is 17.7. The largest absolute Gasteiger partial charge is 0.484 e. The second-order valence-electron chi connectivity index (χ2n) is 7.23. The van der Waals surface area contributed by atoms with Gasteiger partial charge in [0.05, 0.1) is 11.4 Å². The lowest BCUT2D eigenvalue weighted by Gasteiger charge is -2.22. The number of pyridine rings is 1. The van der Waals surface area contributed by atoms with Crippen molar-refractivity contribution in [1.82, 2.24) is 15.0 Å². The summed E-state index contributed by atoms with van der Waals surface area (Å²) in [6, 6.07) is 9.94. The maximum absolute atomic E-state index is 5.79. The van der Waals surface area contributed by atoms with Gasteiger partial charge in [0.2, 0.25) is 0 Å². The summed E-state index contributed by atoms with van der Waals surface area (Å²) in [5.41, 5.74) is 4.69. The molecule has 7 heteroatoms. The van der Waals surface area contributed by atoms with E-state index in [0.717, 1.165) is 39.6 Å². The Kier molecular flexibility index (Phi) is 6.21. The first-order valence-corrected chi connectivity index (χ1v) is 10.2. The van der Waals surface area contributed by atoms with Gasteiger partial charge < -0.3 is 14.8 Å². The number of nitrogens with one attached hydrogen (secondary N) is 1. The molecule has 7 nitrogen and oxygen atoms in total. The van der Waals surface area contributed by atoms with Crippen LogP contribution in [0.3, 0.4) is 0 Å². The van der Waals surface area contributed by atoms with Crippen LogP contribution in [0.4, 0.5) is 11.5 Å². The SMILES string of the molecule is C=Nc1cc(-c2cc(NC[C@@H](C)c3ccnc4c3OCCO4)ncn2)ccc1/C=C\C. The van der Waals surface area contributed by atoms with E-state index in [1.807, 2.05) is 49.4 Å². The minimum Gasteiger partial charge on any atom is -0.484 e. The van der Waals surface area contributed by atoms with Gasteiger partial charge in [0.15, 0.2) is 5.75 Å². The molecule has 31 heavy (non-hydrogen) atoms. The van der Waals surface area contributed by atoms with Gasteiger partial charge in [-0.3, -0.25) is 4.99 Å². The molecule has 1 N–H and O–H groups in total.